The van der Waals surface area contributed by atoms with Crippen LogP contribution in [0.1, 0.15) is 10.9 Å². The van der Waals surface area contributed by atoms with Crippen molar-refractivity contribution in [1.29, 1.82) is 0 Å². The molecule has 0 saturated carbocycles. The van der Waals surface area contributed by atoms with Crippen LogP contribution >= 0.6 is 11.3 Å². The summed E-state index contributed by atoms with van der Waals surface area (Å²) in [6.45, 7) is 0. The highest BCUT2D eigenvalue weighted by molar-refractivity contribution is 7.10. The third kappa shape index (κ3) is 2.53. The van der Waals surface area contributed by atoms with Crippen LogP contribution in [0.25, 0.3) is 0 Å². The van der Waals surface area contributed by atoms with E-state index in [0.29, 0.717) is 4.88 Å². The highest BCUT2D eigenvalue weighted by atomic mass is 32.1. The van der Waals surface area contributed by atoms with E-state index in [-0.39, 0.29) is 0 Å². The van der Waals surface area contributed by atoms with E-state index < -0.39 is 18.0 Å². The Labute approximate surface area is 78.7 Å². The summed E-state index contributed by atoms with van der Waals surface area (Å²) >= 11 is 1.35. The highest BCUT2D eigenvalue weighted by Gasteiger charge is 2.17. The fraction of sp³-hybridized carbons (Fsp3) is 0.143. The molecule has 0 fully saturated rings. The van der Waals surface area contributed by atoms with Gasteiger partial charge in [-0.25, -0.2) is 4.79 Å². The van der Waals surface area contributed by atoms with Gasteiger partial charge < -0.3 is 11.5 Å². The van der Waals surface area contributed by atoms with Gasteiger partial charge in [0.1, 0.15) is 6.04 Å². The number of nitrogens with one attached hydrogen (secondary N) is 1. The minimum atomic E-state index is -0.892. The van der Waals surface area contributed by atoms with Gasteiger partial charge in [-0.1, -0.05) is 6.07 Å². The SMILES string of the molecule is NC(=O)NC(=O)C(N)c1cccs1. The second-order valence-electron chi connectivity index (χ2n) is 2.35. The molecule has 0 spiro atoms. The molecule has 1 rings (SSSR count). The van der Waals surface area contributed by atoms with Crippen LogP contribution in [0.5, 0.6) is 0 Å². The van der Waals surface area contributed by atoms with Crippen LogP contribution in [0.4, 0.5) is 4.79 Å². The first-order chi connectivity index (χ1) is 6.11. The Balaban J connectivity index is 2.63. The monoisotopic (exact) mass is 199 g/mol. The zero-order valence-electron chi connectivity index (χ0n) is 6.69. The number of carbonyl (C=O) groups excluding carboxylic acids is 2. The van der Waals surface area contributed by atoms with E-state index in [1.54, 1.807) is 17.5 Å². The van der Waals surface area contributed by atoms with Crippen molar-refractivity contribution < 1.29 is 9.59 Å². The molecule has 5 N–H and O–H groups in total. The molecule has 0 bridgehead atoms. The summed E-state index contributed by atoms with van der Waals surface area (Å²) in [6, 6.07) is 1.78. The van der Waals surface area contributed by atoms with E-state index in [9.17, 15) is 9.59 Å². The number of nitrogens with two attached hydrogens (primary N) is 2. The van der Waals surface area contributed by atoms with Crippen molar-refractivity contribution in [2.24, 2.45) is 11.5 Å². The molecule has 1 atom stereocenters. The molecule has 0 radical (unpaired) electrons. The molecule has 3 amide bonds. The molecule has 5 nitrogen and oxygen atoms in total. The molecule has 70 valence electrons. The maximum absolute atomic E-state index is 11.1. The molecular weight excluding hydrogens is 190 g/mol. The van der Waals surface area contributed by atoms with Crippen LogP contribution in [0.15, 0.2) is 17.5 Å². The summed E-state index contributed by atoms with van der Waals surface area (Å²) in [4.78, 5) is 22.1. The summed E-state index contributed by atoms with van der Waals surface area (Å²) in [5.74, 6) is -0.588. The molecular formula is C7H9N3O2S. The number of rotatable bonds is 2. The van der Waals surface area contributed by atoms with Crippen LogP contribution in [-0.4, -0.2) is 11.9 Å². The van der Waals surface area contributed by atoms with Gasteiger partial charge in [0.25, 0.3) is 0 Å². The molecule has 0 aromatic carbocycles. The summed E-state index contributed by atoms with van der Waals surface area (Å²) < 4.78 is 0. The Morgan fingerprint density at radius 2 is 2.23 bits per heavy atom. The van der Waals surface area contributed by atoms with Gasteiger partial charge in [-0.05, 0) is 11.4 Å². The van der Waals surface area contributed by atoms with Crippen LogP contribution in [0.3, 0.4) is 0 Å². The van der Waals surface area contributed by atoms with Crippen molar-refractivity contribution in [3.05, 3.63) is 22.4 Å². The largest absolute Gasteiger partial charge is 0.351 e. The fourth-order valence-corrected chi connectivity index (χ4v) is 1.52. The van der Waals surface area contributed by atoms with E-state index in [1.807, 2.05) is 5.32 Å². The Kier molecular flexibility index (Phi) is 2.99. The molecule has 0 aliphatic rings. The lowest BCUT2D eigenvalue weighted by Gasteiger charge is -2.07. The maximum Gasteiger partial charge on any atom is 0.318 e. The molecule has 0 aliphatic heterocycles. The van der Waals surface area contributed by atoms with Crippen molar-refractivity contribution in [2.45, 2.75) is 6.04 Å². The van der Waals surface area contributed by atoms with E-state index >= 15 is 0 Å². The number of urea groups is 1. The second kappa shape index (κ2) is 4.01. The zero-order chi connectivity index (χ0) is 9.84. The quantitative estimate of drug-likeness (QED) is 0.622. The number of hydrogen-bond donors (Lipinski definition) is 3. The van der Waals surface area contributed by atoms with Gasteiger partial charge in [-0.15, -0.1) is 11.3 Å². The first-order valence-electron chi connectivity index (χ1n) is 3.50. The number of imide groups is 1. The average molecular weight is 199 g/mol. The first-order valence-corrected chi connectivity index (χ1v) is 4.38. The van der Waals surface area contributed by atoms with Crippen molar-refractivity contribution >= 4 is 23.3 Å². The third-order valence-corrected chi connectivity index (χ3v) is 2.33. The molecule has 1 aromatic heterocycles. The van der Waals surface area contributed by atoms with Gasteiger partial charge in [0.2, 0.25) is 5.91 Å². The Morgan fingerprint density at radius 1 is 1.54 bits per heavy atom. The van der Waals surface area contributed by atoms with Gasteiger partial charge in [-0.3, -0.25) is 10.1 Å². The minimum absolute atomic E-state index is 0.588. The van der Waals surface area contributed by atoms with E-state index in [2.05, 4.69) is 0 Å². The third-order valence-electron chi connectivity index (χ3n) is 1.38. The topological polar surface area (TPSA) is 98.2 Å². The number of thiophene rings is 1. The summed E-state index contributed by atoms with van der Waals surface area (Å²) in [5, 5.41) is 3.71. The van der Waals surface area contributed by atoms with E-state index in [0.717, 1.165) is 0 Å². The Bertz CT molecular complexity index is 310. The average Bonchev–Trinajstić information content (AvgIpc) is 2.53. The van der Waals surface area contributed by atoms with Crippen molar-refractivity contribution in [3.63, 3.8) is 0 Å². The lowest BCUT2D eigenvalue weighted by molar-refractivity contribution is -0.121. The first kappa shape index (κ1) is 9.69. The molecule has 1 aromatic rings. The smallest absolute Gasteiger partial charge is 0.318 e. The normalized spacial score (nSPS) is 12.1. The Morgan fingerprint density at radius 3 is 2.69 bits per heavy atom. The van der Waals surface area contributed by atoms with Gasteiger partial charge in [0.15, 0.2) is 0 Å². The number of primary amides is 1. The molecule has 0 saturated heterocycles. The van der Waals surface area contributed by atoms with Crippen LogP contribution < -0.4 is 16.8 Å². The number of amides is 3. The zero-order valence-corrected chi connectivity index (χ0v) is 7.51. The predicted molar refractivity (Wildman–Crippen MR) is 49.0 cm³/mol. The van der Waals surface area contributed by atoms with E-state index in [4.69, 9.17) is 11.5 Å². The Hall–Kier alpha value is -1.40. The summed E-state index contributed by atoms with van der Waals surface area (Å²) in [5.41, 5.74) is 10.3. The van der Waals surface area contributed by atoms with Crippen molar-refractivity contribution in [3.8, 4) is 0 Å². The standard InChI is InChI=1S/C7H9N3O2S/c8-5(4-2-1-3-13-4)6(11)10-7(9)12/h1-3,5H,8H2,(H3,9,10,11,12). The summed E-state index contributed by atoms with van der Waals surface area (Å²) in [7, 11) is 0. The van der Waals surface area contributed by atoms with Gasteiger partial charge >= 0.3 is 6.03 Å². The molecule has 13 heavy (non-hydrogen) atoms. The van der Waals surface area contributed by atoms with E-state index in [1.165, 1.54) is 11.3 Å². The number of carbonyl (C=O) groups is 2. The van der Waals surface area contributed by atoms with Crippen molar-refractivity contribution in [2.75, 3.05) is 0 Å². The fourth-order valence-electron chi connectivity index (χ4n) is 0.797. The molecule has 6 heteroatoms. The highest BCUT2D eigenvalue weighted by Crippen LogP contribution is 2.16. The lowest BCUT2D eigenvalue weighted by atomic mass is 10.2. The summed E-state index contributed by atoms with van der Waals surface area (Å²) in [6.07, 6.45) is 0. The van der Waals surface area contributed by atoms with Crippen LogP contribution in [0, 0.1) is 0 Å². The van der Waals surface area contributed by atoms with Crippen LogP contribution in [-0.2, 0) is 4.79 Å². The molecule has 0 aliphatic carbocycles. The van der Waals surface area contributed by atoms with Gasteiger partial charge in [-0.2, -0.15) is 0 Å². The molecule has 1 unspecified atom stereocenters. The van der Waals surface area contributed by atoms with Gasteiger partial charge in [0, 0.05) is 4.88 Å². The van der Waals surface area contributed by atoms with Crippen molar-refractivity contribution in [1.82, 2.24) is 5.32 Å². The van der Waals surface area contributed by atoms with Crippen LogP contribution in [0.2, 0.25) is 0 Å². The molecule has 1 heterocycles. The minimum Gasteiger partial charge on any atom is -0.351 e. The maximum atomic E-state index is 11.1. The second-order valence-corrected chi connectivity index (χ2v) is 3.33. The lowest BCUT2D eigenvalue weighted by Crippen LogP contribution is -2.40. The number of hydrogen-bond acceptors (Lipinski definition) is 4. The predicted octanol–water partition coefficient (Wildman–Crippen LogP) is -0.0572. The van der Waals surface area contributed by atoms with Gasteiger partial charge in [0.05, 0.1) is 0 Å².